The summed E-state index contributed by atoms with van der Waals surface area (Å²) in [5.41, 5.74) is -0.191. The first kappa shape index (κ1) is 13.1. The van der Waals surface area contributed by atoms with Gasteiger partial charge in [-0.2, -0.15) is 4.39 Å². The summed E-state index contributed by atoms with van der Waals surface area (Å²) in [6, 6.07) is 5.53. The second kappa shape index (κ2) is 5.09. The van der Waals surface area contributed by atoms with E-state index in [2.05, 4.69) is 10.3 Å². The van der Waals surface area contributed by atoms with E-state index in [9.17, 15) is 18.0 Å². The summed E-state index contributed by atoms with van der Waals surface area (Å²) >= 11 is 0. The van der Waals surface area contributed by atoms with Gasteiger partial charge in [-0.25, -0.2) is 13.8 Å². The lowest BCUT2D eigenvalue weighted by Gasteiger charge is -2.07. The Balaban J connectivity index is 2.28. The van der Waals surface area contributed by atoms with Crippen LogP contribution in [0.25, 0.3) is 0 Å². The van der Waals surface area contributed by atoms with Crippen molar-refractivity contribution < 1.29 is 18.0 Å². The molecule has 0 spiro atoms. The Hall–Kier alpha value is -2.37. The van der Waals surface area contributed by atoms with Gasteiger partial charge in [0, 0.05) is 6.07 Å². The van der Waals surface area contributed by atoms with Crippen molar-refractivity contribution in [1.29, 1.82) is 0 Å². The molecular formula is C13H9F3N2O. The van der Waals surface area contributed by atoms with Crippen molar-refractivity contribution in [2.75, 3.05) is 5.32 Å². The molecule has 0 radical (unpaired) electrons. The first-order valence-corrected chi connectivity index (χ1v) is 5.37. The lowest BCUT2D eigenvalue weighted by Crippen LogP contribution is -2.15. The van der Waals surface area contributed by atoms with Crippen LogP contribution in [0.15, 0.2) is 30.3 Å². The zero-order chi connectivity index (χ0) is 14.0. The highest BCUT2D eigenvalue weighted by atomic mass is 19.1. The number of hydrogen-bond acceptors (Lipinski definition) is 2. The van der Waals surface area contributed by atoms with Gasteiger partial charge in [0.05, 0.1) is 5.56 Å². The van der Waals surface area contributed by atoms with Gasteiger partial charge < -0.3 is 5.32 Å². The van der Waals surface area contributed by atoms with Crippen molar-refractivity contribution in [3.8, 4) is 0 Å². The minimum absolute atomic E-state index is 0.0496. The van der Waals surface area contributed by atoms with Gasteiger partial charge in [0.25, 0.3) is 5.91 Å². The van der Waals surface area contributed by atoms with Gasteiger partial charge in [0.1, 0.15) is 17.5 Å². The Morgan fingerprint density at radius 3 is 2.58 bits per heavy atom. The molecule has 98 valence electrons. The number of halogens is 3. The van der Waals surface area contributed by atoms with Gasteiger partial charge >= 0.3 is 0 Å². The van der Waals surface area contributed by atoms with E-state index in [1.807, 2.05) is 0 Å². The molecule has 0 saturated carbocycles. The van der Waals surface area contributed by atoms with Crippen molar-refractivity contribution in [2.45, 2.75) is 6.92 Å². The van der Waals surface area contributed by atoms with E-state index in [-0.39, 0.29) is 16.9 Å². The van der Waals surface area contributed by atoms with Crippen molar-refractivity contribution in [2.24, 2.45) is 0 Å². The largest absolute Gasteiger partial charge is 0.306 e. The number of rotatable bonds is 2. The van der Waals surface area contributed by atoms with Crippen LogP contribution >= 0.6 is 0 Å². The van der Waals surface area contributed by atoms with Crippen LogP contribution in [0.5, 0.6) is 0 Å². The summed E-state index contributed by atoms with van der Waals surface area (Å²) in [5, 5.41) is 2.23. The van der Waals surface area contributed by atoms with E-state index < -0.39 is 23.5 Å². The summed E-state index contributed by atoms with van der Waals surface area (Å²) in [6.45, 7) is 1.41. The highest BCUT2D eigenvalue weighted by molar-refractivity contribution is 6.04. The van der Waals surface area contributed by atoms with Gasteiger partial charge in [-0.3, -0.25) is 4.79 Å². The van der Waals surface area contributed by atoms with Crippen molar-refractivity contribution in [3.63, 3.8) is 0 Å². The average molecular weight is 266 g/mol. The third kappa shape index (κ3) is 2.90. The zero-order valence-corrected chi connectivity index (χ0v) is 9.88. The van der Waals surface area contributed by atoms with Gasteiger partial charge in [-0.05, 0) is 30.7 Å². The number of anilines is 1. The number of amides is 1. The third-order valence-electron chi connectivity index (χ3n) is 2.45. The molecule has 1 N–H and O–H groups in total. The summed E-state index contributed by atoms with van der Waals surface area (Å²) in [7, 11) is 0. The summed E-state index contributed by atoms with van der Waals surface area (Å²) in [4.78, 5) is 15.2. The fraction of sp³-hybridized carbons (Fsp3) is 0.0769. The van der Waals surface area contributed by atoms with Crippen LogP contribution < -0.4 is 5.32 Å². The Morgan fingerprint density at radius 2 is 1.89 bits per heavy atom. The quantitative estimate of drug-likeness (QED) is 0.849. The SMILES string of the molecule is Cc1cc(C(=O)Nc2cccc(F)n2)c(F)cc1F. The van der Waals surface area contributed by atoms with Gasteiger partial charge in [-0.15, -0.1) is 0 Å². The molecule has 3 nitrogen and oxygen atoms in total. The number of aryl methyl sites for hydroxylation is 1. The van der Waals surface area contributed by atoms with Crippen molar-refractivity contribution in [1.82, 2.24) is 4.98 Å². The molecule has 0 saturated heterocycles. The molecule has 0 aliphatic rings. The van der Waals surface area contributed by atoms with E-state index in [4.69, 9.17) is 0 Å². The van der Waals surface area contributed by atoms with E-state index in [0.29, 0.717) is 6.07 Å². The van der Waals surface area contributed by atoms with Gasteiger partial charge in [0.15, 0.2) is 0 Å². The first-order valence-electron chi connectivity index (χ1n) is 5.37. The van der Waals surface area contributed by atoms with Crippen LogP contribution in [-0.4, -0.2) is 10.9 Å². The van der Waals surface area contributed by atoms with Crippen LogP contribution in [-0.2, 0) is 0 Å². The van der Waals surface area contributed by atoms with Crippen LogP contribution in [0.2, 0.25) is 0 Å². The Kier molecular flexibility index (Phi) is 3.50. The van der Waals surface area contributed by atoms with E-state index in [1.54, 1.807) is 0 Å². The molecule has 2 rings (SSSR count). The van der Waals surface area contributed by atoms with E-state index >= 15 is 0 Å². The first-order chi connectivity index (χ1) is 8.97. The van der Waals surface area contributed by atoms with Crippen LogP contribution in [0.1, 0.15) is 15.9 Å². The Bertz CT molecular complexity index is 644. The maximum absolute atomic E-state index is 13.5. The molecule has 2 aromatic rings. The number of nitrogens with one attached hydrogen (secondary N) is 1. The number of pyridine rings is 1. The fourth-order valence-corrected chi connectivity index (χ4v) is 1.49. The molecule has 0 bridgehead atoms. The second-order valence-electron chi connectivity index (χ2n) is 3.88. The lowest BCUT2D eigenvalue weighted by atomic mass is 10.1. The minimum Gasteiger partial charge on any atom is -0.306 e. The molecule has 6 heteroatoms. The Labute approximate surface area is 107 Å². The number of hydrogen-bond donors (Lipinski definition) is 1. The van der Waals surface area contributed by atoms with Crippen LogP contribution in [0, 0.1) is 24.5 Å². The monoisotopic (exact) mass is 266 g/mol. The maximum atomic E-state index is 13.5. The standard InChI is InChI=1S/C13H9F3N2O/c1-7-5-8(10(15)6-9(7)14)13(19)18-12-4-2-3-11(16)17-12/h2-6H,1H3,(H,17,18,19). The molecule has 1 heterocycles. The smallest absolute Gasteiger partial charge is 0.259 e. The molecule has 1 aromatic carbocycles. The molecule has 19 heavy (non-hydrogen) atoms. The van der Waals surface area contributed by atoms with E-state index in [0.717, 1.165) is 12.1 Å². The highest BCUT2D eigenvalue weighted by Gasteiger charge is 2.15. The fourth-order valence-electron chi connectivity index (χ4n) is 1.49. The highest BCUT2D eigenvalue weighted by Crippen LogP contribution is 2.15. The molecule has 0 aliphatic heterocycles. The van der Waals surface area contributed by atoms with E-state index in [1.165, 1.54) is 19.1 Å². The van der Waals surface area contributed by atoms with Gasteiger partial charge in [-0.1, -0.05) is 6.07 Å². The number of carbonyl (C=O) groups is 1. The summed E-state index contributed by atoms with van der Waals surface area (Å²) < 4.78 is 39.4. The number of benzene rings is 1. The maximum Gasteiger partial charge on any atom is 0.259 e. The van der Waals surface area contributed by atoms with Crippen molar-refractivity contribution >= 4 is 11.7 Å². The summed E-state index contributed by atoms with van der Waals surface area (Å²) in [6.07, 6.45) is 0. The molecular weight excluding hydrogens is 257 g/mol. The van der Waals surface area contributed by atoms with Crippen LogP contribution in [0.3, 0.4) is 0 Å². The number of carbonyl (C=O) groups excluding carboxylic acids is 1. The van der Waals surface area contributed by atoms with Gasteiger partial charge in [0.2, 0.25) is 5.95 Å². The molecule has 1 amide bonds. The minimum atomic E-state index is -0.989. The predicted molar refractivity (Wildman–Crippen MR) is 63.2 cm³/mol. The molecule has 0 atom stereocenters. The summed E-state index contributed by atoms with van der Waals surface area (Å²) in [5.74, 6) is -3.37. The lowest BCUT2D eigenvalue weighted by molar-refractivity contribution is 0.102. The molecule has 1 aromatic heterocycles. The molecule has 0 aliphatic carbocycles. The average Bonchev–Trinajstić information content (AvgIpc) is 2.33. The normalized spacial score (nSPS) is 10.3. The third-order valence-corrected chi connectivity index (χ3v) is 2.45. The molecule has 0 fully saturated rings. The molecule has 0 unspecified atom stereocenters. The van der Waals surface area contributed by atoms with Crippen molar-refractivity contribution in [3.05, 3.63) is 59.0 Å². The zero-order valence-electron chi connectivity index (χ0n) is 9.88. The Morgan fingerprint density at radius 1 is 1.16 bits per heavy atom. The topological polar surface area (TPSA) is 42.0 Å². The number of aromatic nitrogens is 1. The van der Waals surface area contributed by atoms with Crippen LogP contribution in [0.4, 0.5) is 19.0 Å². The second-order valence-corrected chi connectivity index (χ2v) is 3.88. The number of nitrogens with zero attached hydrogens (tertiary/aromatic N) is 1. The predicted octanol–water partition coefficient (Wildman–Crippen LogP) is 3.06.